The van der Waals surface area contributed by atoms with Crippen molar-refractivity contribution in [1.29, 1.82) is 0 Å². The Balaban J connectivity index is 1.89. The lowest BCUT2D eigenvalue weighted by Gasteiger charge is -2.11. The van der Waals surface area contributed by atoms with E-state index in [1.54, 1.807) is 12.1 Å². The van der Waals surface area contributed by atoms with Gasteiger partial charge in [-0.3, -0.25) is 0 Å². The van der Waals surface area contributed by atoms with Crippen LogP contribution in [-0.2, 0) is 21.2 Å². The maximum Gasteiger partial charge on any atom is 0.339 e. The second-order valence-corrected chi connectivity index (χ2v) is 8.70. The van der Waals surface area contributed by atoms with Gasteiger partial charge in [0.15, 0.2) is 9.84 Å². The highest BCUT2D eigenvalue weighted by Crippen LogP contribution is 2.26. The second kappa shape index (κ2) is 7.29. The van der Waals surface area contributed by atoms with Gasteiger partial charge in [0.25, 0.3) is 0 Å². The van der Waals surface area contributed by atoms with E-state index in [4.69, 9.17) is 16.3 Å². The zero-order valence-corrected chi connectivity index (χ0v) is 16.7. The minimum Gasteiger partial charge on any atom is -0.457 e. The fraction of sp³-hybridized carbons (Fsp3) is 0.200. The number of benzene rings is 2. The van der Waals surface area contributed by atoms with Crippen LogP contribution in [0, 0.1) is 13.8 Å². The van der Waals surface area contributed by atoms with Crippen molar-refractivity contribution >= 4 is 38.3 Å². The number of ether oxygens (including phenoxy) is 1. The van der Waals surface area contributed by atoms with Crippen LogP contribution in [0.3, 0.4) is 0 Å². The molecule has 5 nitrogen and oxygen atoms in total. The van der Waals surface area contributed by atoms with Crippen LogP contribution in [0.5, 0.6) is 0 Å². The molecule has 3 aromatic rings. The monoisotopic (exact) mass is 403 g/mol. The second-order valence-electron chi connectivity index (χ2n) is 6.36. The molecule has 140 valence electrons. The number of sulfone groups is 1. The van der Waals surface area contributed by atoms with E-state index in [0.717, 1.165) is 28.3 Å². The highest BCUT2D eigenvalue weighted by molar-refractivity contribution is 7.90. The number of hydrogen-bond donors (Lipinski definition) is 0. The minimum absolute atomic E-state index is 0.00339. The topological polar surface area (TPSA) is 73.3 Å². The largest absolute Gasteiger partial charge is 0.457 e. The Hall–Kier alpha value is -2.44. The lowest BCUT2D eigenvalue weighted by atomic mass is 10.0. The third-order valence-electron chi connectivity index (χ3n) is 4.40. The lowest BCUT2D eigenvalue weighted by molar-refractivity contribution is 0.0468. The summed E-state index contributed by atoms with van der Waals surface area (Å²) in [7, 11) is -3.55. The number of fused-ring (bicyclic) bond motifs is 1. The van der Waals surface area contributed by atoms with Crippen molar-refractivity contribution in [2.24, 2.45) is 0 Å². The molecule has 0 amide bonds. The van der Waals surface area contributed by atoms with Crippen LogP contribution >= 0.6 is 11.6 Å². The molecule has 1 aromatic heterocycles. The Bertz CT molecular complexity index is 1160. The average molecular weight is 404 g/mol. The fourth-order valence-corrected chi connectivity index (χ4v) is 3.86. The molecule has 0 N–H and O–H groups in total. The third kappa shape index (κ3) is 3.96. The van der Waals surface area contributed by atoms with Crippen molar-refractivity contribution in [2.75, 3.05) is 6.26 Å². The quantitative estimate of drug-likeness (QED) is 0.480. The minimum atomic E-state index is -3.55. The molecule has 27 heavy (non-hydrogen) atoms. The molecule has 0 unspecified atom stereocenters. The predicted molar refractivity (Wildman–Crippen MR) is 105 cm³/mol. The van der Waals surface area contributed by atoms with Crippen LogP contribution in [-0.4, -0.2) is 25.6 Å². The molecule has 0 fully saturated rings. The standard InChI is InChI=1S/C20H18ClNO4S/c1-12-8-9-14-10-15(19(21)22-18(14)13(12)2)11-26-20(23)16-6-4-5-7-17(16)27(3,24)25/h4-10H,11H2,1-3H3. The molecular formula is C20H18ClNO4S. The number of carbonyl (C=O) groups is 1. The summed E-state index contributed by atoms with van der Waals surface area (Å²) < 4.78 is 29.0. The third-order valence-corrected chi connectivity index (χ3v) is 5.89. The van der Waals surface area contributed by atoms with Gasteiger partial charge < -0.3 is 4.74 Å². The molecule has 0 aliphatic rings. The Labute approximate surface area is 162 Å². The predicted octanol–water partition coefficient (Wildman–Crippen LogP) is 4.27. The molecule has 0 bridgehead atoms. The number of hydrogen-bond acceptors (Lipinski definition) is 5. The fourth-order valence-electron chi connectivity index (χ4n) is 2.78. The first-order chi connectivity index (χ1) is 12.7. The van der Waals surface area contributed by atoms with Crippen LogP contribution in [0.15, 0.2) is 47.4 Å². The van der Waals surface area contributed by atoms with Crippen molar-refractivity contribution in [3.05, 3.63) is 69.9 Å². The van der Waals surface area contributed by atoms with Gasteiger partial charge in [0.2, 0.25) is 0 Å². The molecule has 0 saturated carbocycles. The number of carbonyl (C=O) groups excluding carboxylic acids is 1. The van der Waals surface area contributed by atoms with Crippen LogP contribution < -0.4 is 0 Å². The molecule has 2 aromatic carbocycles. The summed E-state index contributed by atoms with van der Waals surface area (Å²) >= 11 is 6.26. The molecule has 0 radical (unpaired) electrons. The zero-order valence-electron chi connectivity index (χ0n) is 15.1. The van der Waals surface area contributed by atoms with Gasteiger partial charge in [-0.15, -0.1) is 0 Å². The van der Waals surface area contributed by atoms with Gasteiger partial charge in [-0.25, -0.2) is 18.2 Å². The smallest absolute Gasteiger partial charge is 0.339 e. The van der Waals surface area contributed by atoms with Crippen LogP contribution in [0.1, 0.15) is 27.0 Å². The van der Waals surface area contributed by atoms with Gasteiger partial charge in [-0.2, -0.15) is 0 Å². The molecule has 7 heteroatoms. The molecule has 0 saturated heterocycles. The number of halogens is 1. The van der Waals surface area contributed by atoms with Crippen molar-refractivity contribution in [3.63, 3.8) is 0 Å². The molecule has 0 aliphatic carbocycles. The Morgan fingerprint density at radius 1 is 1.15 bits per heavy atom. The van der Waals surface area contributed by atoms with Gasteiger partial charge >= 0.3 is 5.97 Å². The van der Waals surface area contributed by atoms with E-state index in [2.05, 4.69) is 4.98 Å². The first kappa shape index (κ1) is 19.3. The number of nitrogens with zero attached hydrogens (tertiary/aromatic N) is 1. The molecular weight excluding hydrogens is 386 g/mol. The van der Waals surface area contributed by atoms with Crippen LogP contribution in [0.2, 0.25) is 5.15 Å². The maximum atomic E-state index is 12.4. The Morgan fingerprint density at radius 3 is 2.56 bits per heavy atom. The number of pyridine rings is 1. The number of rotatable bonds is 4. The average Bonchev–Trinajstić information content (AvgIpc) is 2.63. The summed E-state index contributed by atoms with van der Waals surface area (Å²) in [5.74, 6) is -0.729. The Morgan fingerprint density at radius 2 is 1.85 bits per heavy atom. The molecule has 0 atom stereocenters. The summed E-state index contributed by atoms with van der Waals surface area (Å²) in [6.45, 7) is 3.87. The maximum absolute atomic E-state index is 12.4. The molecule has 3 rings (SSSR count). The van der Waals surface area contributed by atoms with E-state index in [9.17, 15) is 13.2 Å². The highest BCUT2D eigenvalue weighted by Gasteiger charge is 2.20. The van der Waals surface area contributed by atoms with E-state index >= 15 is 0 Å². The van der Waals surface area contributed by atoms with E-state index in [0.29, 0.717) is 5.56 Å². The first-order valence-electron chi connectivity index (χ1n) is 8.20. The number of aryl methyl sites for hydroxylation is 2. The van der Waals surface area contributed by atoms with Gasteiger partial charge in [0, 0.05) is 17.2 Å². The van der Waals surface area contributed by atoms with E-state index in [1.165, 1.54) is 12.1 Å². The van der Waals surface area contributed by atoms with Crippen molar-refractivity contribution < 1.29 is 17.9 Å². The summed E-state index contributed by atoms with van der Waals surface area (Å²) in [6.07, 6.45) is 1.05. The van der Waals surface area contributed by atoms with Crippen molar-refractivity contribution in [3.8, 4) is 0 Å². The lowest BCUT2D eigenvalue weighted by Crippen LogP contribution is -2.11. The van der Waals surface area contributed by atoms with E-state index in [-0.39, 0.29) is 22.2 Å². The molecule has 0 spiro atoms. The van der Waals surface area contributed by atoms with Gasteiger partial charge in [-0.05, 0) is 43.2 Å². The summed E-state index contributed by atoms with van der Waals surface area (Å²) in [5.41, 5.74) is 3.51. The molecule has 0 aliphatic heterocycles. The van der Waals surface area contributed by atoms with Crippen molar-refractivity contribution in [1.82, 2.24) is 4.98 Å². The summed E-state index contributed by atoms with van der Waals surface area (Å²) in [5, 5.41) is 1.14. The summed E-state index contributed by atoms with van der Waals surface area (Å²) in [6, 6.07) is 11.7. The normalized spacial score (nSPS) is 11.6. The van der Waals surface area contributed by atoms with Gasteiger partial charge in [0.1, 0.15) is 11.8 Å². The van der Waals surface area contributed by atoms with Gasteiger partial charge in [-0.1, -0.05) is 35.9 Å². The van der Waals surface area contributed by atoms with Gasteiger partial charge in [0.05, 0.1) is 16.0 Å². The van der Waals surface area contributed by atoms with E-state index < -0.39 is 15.8 Å². The van der Waals surface area contributed by atoms with Crippen LogP contribution in [0.4, 0.5) is 0 Å². The van der Waals surface area contributed by atoms with E-state index in [1.807, 2.05) is 32.0 Å². The SMILES string of the molecule is Cc1ccc2cc(COC(=O)c3ccccc3S(C)(=O)=O)c(Cl)nc2c1C. The first-order valence-corrected chi connectivity index (χ1v) is 10.5. The number of esters is 1. The highest BCUT2D eigenvalue weighted by atomic mass is 35.5. The van der Waals surface area contributed by atoms with Crippen molar-refractivity contribution in [2.45, 2.75) is 25.3 Å². The molecule has 1 heterocycles. The van der Waals surface area contributed by atoms with Crippen LogP contribution in [0.25, 0.3) is 10.9 Å². The zero-order chi connectivity index (χ0) is 19.8. The number of aromatic nitrogens is 1. The summed E-state index contributed by atoms with van der Waals surface area (Å²) in [4.78, 5) is 16.8. The Kier molecular flexibility index (Phi) is 5.22.